The quantitative estimate of drug-likeness (QED) is 0.821. The smallest absolute Gasteiger partial charge is 0.256 e. The first-order chi connectivity index (χ1) is 11.0. The number of carbonyl (C=O) groups is 2. The minimum Gasteiger partial charge on any atom is -0.355 e. The first kappa shape index (κ1) is 17.1. The van der Waals surface area contributed by atoms with Crippen LogP contribution in [0.3, 0.4) is 0 Å². The molecule has 5 heteroatoms. The molecule has 120 valence electrons. The lowest BCUT2D eigenvalue weighted by molar-refractivity contribution is 0.0961. The molecule has 2 N–H and O–H groups in total. The van der Waals surface area contributed by atoms with Gasteiger partial charge in [0.2, 0.25) is 0 Å². The van der Waals surface area contributed by atoms with Crippen LogP contribution in [0.1, 0.15) is 34.6 Å². The molecule has 0 radical (unpaired) electrons. The predicted molar refractivity (Wildman–Crippen MR) is 95.2 cm³/mol. The van der Waals surface area contributed by atoms with Crippen molar-refractivity contribution in [2.24, 2.45) is 0 Å². The third kappa shape index (κ3) is 4.60. The number of anilines is 1. The van der Waals surface area contributed by atoms with Gasteiger partial charge in [-0.15, -0.1) is 11.8 Å². The van der Waals surface area contributed by atoms with Gasteiger partial charge < -0.3 is 10.6 Å². The average Bonchev–Trinajstić information content (AvgIpc) is 2.54. The van der Waals surface area contributed by atoms with E-state index in [1.165, 1.54) is 0 Å². The lowest BCUT2D eigenvalue weighted by Gasteiger charge is -2.12. The van der Waals surface area contributed by atoms with Gasteiger partial charge in [0.05, 0.1) is 5.56 Å². The van der Waals surface area contributed by atoms with E-state index in [2.05, 4.69) is 24.5 Å². The molecule has 2 rings (SSSR count). The Balaban J connectivity index is 2.21. The molecule has 0 aromatic heterocycles. The van der Waals surface area contributed by atoms with Crippen molar-refractivity contribution in [3.05, 3.63) is 59.7 Å². The van der Waals surface area contributed by atoms with Crippen LogP contribution in [0.2, 0.25) is 0 Å². The van der Waals surface area contributed by atoms with Gasteiger partial charge in [-0.2, -0.15) is 0 Å². The molecule has 0 fully saturated rings. The van der Waals surface area contributed by atoms with Gasteiger partial charge >= 0.3 is 0 Å². The molecule has 0 aliphatic carbocycles. The van der Waals surface area contributed by atoms with Gasteiger partial charge in [-0.25, -0.2) is 0 Å². The largest absolute Gasteiger partial charge is 0.355 e. The van der Waals surface area contributed by atoms with Crippen molar-refractivity contribution < 1.29 is 9.59 Å². The van der Waals surface area contributed by atoms with Gasteiger partial charge in [0.15, 0.2) is 0 Å². The molecule has 0 aliphatic heterocycles. The number of hydrogen-bond donors (Lipinski definition) is 2. The second-order valence-corrected chi connectivity index (χ2v) is 6.90. The van der Waals surface area contributed by atoms with Crippen molar-refractivity contribution in [1.82, 2.24) is 5.32 Å². The van der Waals surface area contributed by atoms with Crippen LogP contribution in [-0.4, -0.2) is 24.1 Å². The third-order valence-corrected chi connectivity index (χ3v) is 4.19. The van der Waals surface area contributed by atoms with E-state index in [4.69, 9.17) is 0 Å². The van der Waals surface area contributed by atoms with Crippen LogP contribution < -0.4 is 10.6 Å². The summed E-state index contributed by atoms with van der Waals surface area (Å²) in [7, 11) is 1.58. The van der Waals surface area contributed by atoms with Crippen LogP contribution in [0.5, 0.6) is 0 Å². The Hall–Kier alpha value is -2.27. The molecule has 0 atom stereocenters. The number of hydrogen-bond acceptors (Lipinski definition) is 3. The Kier molecular flexibility index (Phi) is 5.82. The zero-order valence-electron chi connectivity index (χ0n) is 13.4. The van der Waals surface area contributed by atoms with E-state index in [1.54, 1.807) is 43.1 Å². The summed E-state index contributed by atoms with van der Waals surface area (Å²) in [4.78, 5) is 25.2. The molecule has 23 heavy (non-hydrogen) atoms. The highest BCUT2D eigenvalue weighted by molar-refractivity contribution is 8.00. The Bertz CT molecular complexity index is 714. The van der Waals surface area contributed by atoms with Crippen molar-refractivity contribution in [2.45, 2.75) is 24.0 Å². The summed E-state index contributed by atoms with van der Waals surface area (Å²) in [6.45, 7) is 4.18. The average molecular weight is 328 g/mol. The van der Waals surface area contributed by atoms with E-state index >= 15 is 0 Å². The summed E-state index contributed by atoms with van der Waals surface area (Å²) in [5.41, 5.74) is 1.74. The fraction of sp³-hybridized carbons (Fsp3) is 0.222. The molecule has 0 bridgehead atoms. The molecular formula is C18H20N2O2S. The molecule has 0 saturated heterocycles. The van der Waals surface area contributed by atoms with Crippen LogP contribution in [0.4, 0.5) is 5.69 Å². The first-order valence-electron chi connectivity index (χ1n) is 7.40. The van der Waals surface area contributed by atoms with Gasteiger partial charge in [-0.3, -0.25) is 9.59 Å². The van der Waals surface area contributed by atoms with Crippen molar-refractivity contribution in [3.63, 3.8) is 0 Å². The van der Waals surface area contributed by atoms with Gasteiger partial charge in [-0.1, -0.05) is 32.0 Å². The number of benzene rings is 2. The first-order valence-corrected chi connectivity index (χ1v) is 8.28. The normalized spacial score (nSPS) is 10.4. The van der Waals surface area contributed by atoms with Crippen molar-refractivity contribution >= 4 is 29.3 Å². The maximum atomic E-state index is 12.5. The molecule has 2 aromatic rings. The molecule has 2 aromatic carbocycles. The van der Waals surface area contributed by atoms with Crippen molar-refractivity contribution in [1.29, 1.82) is 0 Å². The second kappa shape index (κ2) is 7.83. The molecule has 2 amide bonds. The fourth-order valence-electron chi connectivity index (χ4n) is 2.09. The topological polar surface area (TPSA) is 58.2 Å². The summed E-state index contributed by atoms with van der Waals surface area (Å²) in [5.74, 6) is -0.361. The van der Waals surface area contributed by atoms with Crippen molar-refractivity contribution in [2.75, 3.05) is 12.4 Å². The molecule has 0 heterocycles. The van der Waals surface area contributed by atoms with Crippen LogP contribution in [-0.2, 0) is 0 Å². The fourth-order valence-corrected chi connectivity index (χ4v) is 3.04. The number of thioether (sulfide) groups is 1. The van der Waals surface area contributed by atoms with Gasteiger partial charge in [0, 0.05) is 28.4 Å². The van der Waals surface area contributed by atoms with E-state index in [0.717, 1.165) is 4.90 Å². The second-order valence-electron chi connectivity index (χ2n) is 5.28. The number of nitrogens with one attached hydrogen (secondary N) is 2. The van der Waals surface area contributed by atoms with Gasteiger partial charge in [0.25, 0.3) is 11.8 Å². The highest BCUT2D eigenvalue weighted by Crippen LogP contribution is 2.27. The lowest BCUT2D eigenvalue weighted by Crippen LogP contribution is -2.18. The van der Waals surface area contributed by atoms with Crippen molar-refractivity contribution in [3.8, 4) is 0 Å². The van der Waals surface area contributed by atoms with E-state index in [-0.39, 0.29) is 11.8 Å². The summed E-state index contributed by atoms with van der Waals surface area (Å²) in [6, 6.07) is 14.4. The maximum Gasteiger partial charge on any atom is 0.256 e. The van der Waals surface area contributed by atoms with Crippen LogP contribution >= 0.6 is 11.8 Å². The van der Waals surface area contributed by atoms with E-state index in [1.807, 2.05) is 24.3 Å². The zero-order valence-corrected chi connectivity index (χ0v) is 14.2. The SMILES string of the molecule is CNC(=O)c1cccc(NC(=O)c2ccccc2SC(C)C)c1. The minimum absolute atomic E-state index is 0.178. The summed E-state index contributed by atoms with van der Waals surface area (Å²) < 4.78 is 0. The molecular weight excluding hydrogens is 308 g/mol. The van der Waals surface area contributed by atoms with E-state index in [0.29, 0.717) is 22.1 Å². The predicted octanol–water partition coefficient (Wildman–Crippen LogP) is 3.80. The third-order valence-electron chi connectivity index (χ3n) is 3.10. The Morgan fingerprint density at radius 3 is 2.43 bits per heavy atom. The monoisotopic (exact) mass is 328 g/mol. The Morgan fingerprint density at radius 2 is 1.74 bits per heavy atom. The highest BCUT2D eigenvalue weighted by atomic mass is 32.2. The van der Waals surface area contributed by atoms with Gasteiger partial charge in [0.1, 0.15) is 0 Å². The molecule has 0 spiro atoms. The molecule has 4 nitrogen and oxygen atoms in total. The number of rotatable bonds is 5. The van der Waals surface area contributed by atoms with Gasteiger partial charge in [-0.05, 0) is 30.3 Å². The summed E-state index contributed by atoms with van der Waals surface area (Å²) in [6.07, 6.45) is 0. The Morgan fingerprint density at radius 1 is 1.00 bits per heavy atom. The lowest BCUT2D eigenvalue weighted by atomic mass is 10.1. The maximum absolute atomic E-state index is 12.5. The van der Waals surface area contributed by atoms with E-state index < -0.39 is 0 Å². The summed E-state index contributed by atoms with van der Waals surface area (Å²) in [5, 5.41) is 5.82. The zero-order chi connectivity index (χ0) is 16.8. The molecule has 0 aliphatic rings. The number of amides is 2. The standard InChI is InChI=1S/C18H20N2O2S/c1-12(2)23-16-10-5-4-9-15(16)18(22)20-14-8-6-7-13(11-14)17(21)19-3/h4-12H,1-3H3,(H,19,21)(H,20,22). The van der Waals surface area contributed by atoms with Crippen LogP contribution in [0, 0.1) is 0 Å². The number of carbonyl (C=O) groups excluding carboxylic acids is 2. The molecule has 0 unspecified atom stereocenters. The van der Waals surface area contributed by atoms with E-state index in [9.17, 15) is 9.59 Å². The summed E-state index contributed by atoms with van der Waals surface area (Å²) >= 11 is 1.65. The molecule has 0 saturated carbocycles. The Labute approximate surface area is 140 Å². The highest BCUT2D eigenvalue weighted by Gasteiger charge is 2.13. The van der Waals surface area contributed by atoms with Crippen LogP contribution in [0.25, 0.3) is 0 Å². The minimum atomic E-state index is -0.183. The van der Waals surface area contributed by atoms with Crippen LogP contribution in [0.15, 0.2) is 53.4 Å².